The fourth-order valence-electron chi connectivity index (χ4n) is 0.783. The maximum absolute atomic E-state index is 9.75. The Hall–Kier alpha value is -1.01. The molecule has 1 aromatic heterocycles. The third kappa shape index (κ3) is 7.36. The van der Waals surface area contributed by atoms with Crippen molar-refractivity contribution in [3.05, 3.63) is 18.2 Å². The van der Waals surface area contributed by atoms with Gasteiger partial charge in [0.2, 0.25) is 6.33 Å². The molecule has 0 amide bonds. The molecule has 0 aliphatic heterocycles. The highest BCUT2D eigenvalue weighted by molar-refractivity contribution is 6.50. The van der Waals surface area contributed by atoms with Crippen LogP contribution in [0.1, 0.15) is 5.69 Å². The first-order valence-corrected chi connectivity index (χ1v) is 3.55. The summed E-state index contributed by atoms with van der Waals surface area (Å²) < 4.78 is 43.1. The lowest BCUT2D eigenvalue weighted by atomic mass is 10.3. The highest BCUT2D eigenvalue weighted by Gasteiger charge is 2.20. The summed E-state index contributed by atoms with van der Waals surface area (Å²) >= 11 is 0. The molecule has 0 aliphatic carbocycles. The Balaban J connectivity index is 0.000000252. The number of imidazole rings is 1. The monoisotopic (exact) mass is 198 g/mol. The molecule has 13 heavy (non-hydrogen) atoms. The minimum atomic E-state index is -6.00. The second kappa shape index (κ2) is 4.29. The Morgan fingerprint density at radius 1 is 1.31 bits per heavy atom. The Kier molecular flexibility index (Phi) is 3.96. The average molecular weight is 198 g/mol. The molecule has 0 bridgehead atoms. The van der Waals surface area contributed by atoms with Crippen LogP contribution in [0.3, 0.4) is 0 Å². The van der Waals surface area contributed by atoms with E-state index >= 15 is 0 Å². The van der Waals surface area contributed by atoms with Gasteiger partial charge in [-0.2, -0.15) is 0 Å². The van der Waals surface area contributed by atoms with E-state index in [1.54, 1.807) is 0 Å². The van der Waals surface area contributed by atoms with Crippen LogP contribution in [0.5, 0.6) is 0 Å². The molecule has 0 N–H and O–H groups in total. The number of aromatic nitrogens is 2. The predicted octanol–water partition coefficient (Wildman–Crippen LogP) is 1.46. The number of halogens is 4. The van der Waals surface area contributed by atoms with Gasteiger partial charge in [0.1, 0.15) is 11.9 Å². The van der Waals surface area contributed by atoms with Crippen molar-refractivity contribution in [1.29, 1.82) is 0 Å². The van der Waals surface area contributed by atoms with E-state index in [2.05, 4.69) is 17.7 Å². The summed E-state index contributed by atoms with van der Waals surface area (Å²) in [5, 5.41) is 0. The summed E-state index contributed by atoms with van der Waals surface area (Å²) in [5.41, 5.74) is 1.28. The summed E-state index contributed by atoms with van der Waals surface area (Å²) in [6.07, 6.45) is 4.12. The van der Waals surface area contributed by atoms with Crippen LogP contribution in [0.15, 0.2) is 12.5 Å². The fraction of sp³-hybridized carbons (Fsp3) is 0.500. The molecule has 0 aliphatic rings. The Bertz CT molecular complexity index is 243. The minimum absolute atomic E-state index is 1.28. The van der Waals surface area contributed by atoms with Gasteiger partial charge in [-0.15, -0.1) is 0 Å². The molecular formula is C6H11BF4N2. The first-order valence-electron chi connectivity index (χ1n) is 3.55. The number of nitrogens with zero attached hydrogens (tertiary/aromatic N) is 2. The van der Waals surface area contributed by atoms with Crippen molar-refractivity contribution >= 4 is 7.25 Å². The Labute approximate surface area is 73.9 Å². The zero-order chi connectivity index (χ0) is 10.6. The van der Waals surface area contributed by atoms with Crippen molar-refractivity contribution in [1.82, 2.24) is 4.57 Å². The van der Waals surface area contributed by atoms with Gasteiger partial charge in [0, 0.05) is 6.92 Å². The zero-order valence-electron chi connectivity index (χ0n) is 7.64. The number of hydrogen-bond acceptors (Lipinski definition) is 0. The fourth-order valence-corrected chi connectivity index (χ4v) is 0.783. The smallest absolute Gasteiger partial charge is 0.418 e. The predicted molar refractivity (Wildman–Crippen MR) is 41.5 cm³/mol. The van der Waals surface area contributed by atoms with Crippen LogP contribution in [0.25, 0.3) is 0 Å². The molecular weight excluding hydrogens is 187 g/mol. The van der Waals surface area contributed by atoms with E-state index in [4.69, 9.17) is 0 Å². The van der Waals surface area contributed by atoms with E-state index in [-0.39, 0.29) is 0 Å². The van der Waals surface area contributed by atoms with E-state index in [0.29, 0.717) is 0 Å². The van der Waals surface area contributed by atoms with Crippen LogP contribution in [-0.4, -0.2) is 11.8 Å². The molecule has 0 spiro atoms. The van der Waals surface area contributed by atoms with Crippen LogP contribution in [0.4, 0.5) is 17.3 Å². The minimum Gasteiger partial charge on any atom is -0.418 e. The van der Waals surface area contributed by atoms with Crippen molar-refractivity contribution in [3.8, 4) is 0 Å². The van der Waals surface area contributed by atoms with Crippen molar-refractivity contribution in [2.75, 3.05) is 0 Å². The Morgan fingerprint density at radius 3 is 1.77 bits per heavy atom. The molecule has 0 atom stereocenters. The molecule has 1 aromatic rings. The van der Waals surface area contributed by atoms with Gasteiger partial charge in [-0.1, -0.05) is 0 Å². The van der Waals surface area contributed by atoms with Crippen molar-refractivity contribution in [3.63, 3.8) is 0 Å². The molecule has 0 radical (unpaired) electrons. The summed E-state index contributed by atoms with van der Waals surface area (Å²) in [4.78, 5) is 0. The van der Waals surface area contributed by atoms with E-state index in [0.717, 1.165) is 0 Å². The van der Waals surface area contributed by atoms with Gasteiger partial charge in [0.05, 0.1) is 14.1 Å². The first-order chi connectivity index (χ1) is 5.70. The number of hydrogen-bond donors (Lipinski definition) is 0. The summed E-state index contributed by atoms with van der Waals surface area (Å²) in [7, 11) is -1.94. The topological polar surface area (TPSA) is 8.81 Å². The van der Waals surface area contributed by atoms with Crippen LogP contribution in [0, 0.1) is 6.92 Å². The molecule has 1 heterocycles. The number of rotatable bonds is 0. The van der Waals surface area contributed by atoms with Crippen LogP contribution in [0.2, 0.25) is 0 Å². The van der Waals surface area contributed by atoms with Crippen molar-refractivity contribution in [2.45, 2.75) is 6.92 Å². The lowest BCUT2D eigenvalue weighted by Crippen LogP contribution is -2.23. The van der Waals surface area contributed by atoms with E-state index in [9.17, 15) is 17.3 Å². The highest BCUT2D eigenvalue weighted by atomic mass is 19.5. The maximum Gasteiger partial charge on any atom is 0.673 e. The molecule has 0 saturated carbocycles. The van der Waals surface area contributed by atoms with Gasteiger partial charge in [0.15, 0.2) is 0 Å². The molecule has 0 unspecified atom stereocenters. The molecule has 0 aromatic carbocycles. The number of aryl methyl sites for hydroxylation is 3. The Morgan fingerprint density at radius 2 is 1.69 bits per heavy atom. The van der Waals surface area contributed by atoms with E-state index < -0.39 is 7.25 Å². The maximum atomic E-state index is 9.75. The SMILES string of the molecule is Cc1c[n+](C)cn1C.F[B-](F)(F)F. The molecule has 0 saturated heterocycles. The second-order valence-electron chi connectivity index (χ2n) is 2.66. The molecule has 76 valence electrons. The zero-order valence-corrected chi connectivity index (χ0v) is 7.64. The van der Waals surface area contributed by atoms with Gasteiger partial charge in [-0.05, 0) is 0 Å². The molecule has 7 heteroatoms. The summed E-state index contributed by atoms with van der Waals surface area (Å²) in [5.74, 6) is 0. The second-order valence-corrected chi connectivity index (χ2v) is 2.66. The molecule has 1 rings (SSSR count). The standard InChI is InChI=1S/C6H11N2.BF4/c1-6-4-7(2)5-8(6)3;2-1(3,4)5/h4-5H,1-3H3;/q+1;-1. The van der Waals surface area contributed by atoms with E-state index in [1.807, 2.05) is 25.0 Å². The normalized spacial score (nSPS) is 10.7. The van der Waals surface area contributed by atoms with Gasteiger partial charge in [0.25, 0.3) is 0 Å². The largest absolute Gasteiger partial charge is 0.673 e. The lowest BCUT2D eigenvalue weighted by Gasteiger charge is -1.94. The van der Waals surface area contributed by atoms with Gasteiger partial charge in [-0.3, -0.25) is 0 Å². The quantitative estimate of drug-likeness (QED) is 0.339. The third-order valence-corrected chi connectivity index (χ3v) is 1.30. The third-order valence-electron chi connectivity index (χ3n) is 1.30. The van der Waals surface area contributed by atoms with Gasteiger partial charge >= 0.3 is 7.25 Å². The van der Waals surface area contributed by atoms with E-state index in [1.165, 1.54) is 5.69 Å². The first kappa shape index (κ1) is 12.0. The van der Waals surface area contributed by atoms with Gasteiger partial charge in [-0.25, -0.2) is 9.13 Å². The highest BCUT2D eigenvalue weighted by Crippen LogP contribution is 2.06. The molecule has 2 nitrogen and oxygen atoms in total. The lowest BCUT2D eigenvalue weighted by molar-refractivity contribution is -0.671. The average Bonchev–Trinajstić information content (AvgIpc) is 2.05. The van der Waals surface area contributed by atoms with Crippen molar-refractivity contribution in [2.24, 2.45) is 14.1 Å². The summed E-state index contributed by atoms with van der Waals surface area (Å²) in [6.45, 7) is 2.08. The van der Waals surface area contributed by atoms with Gasteiger partial charge < -0.3 is 17.3 Å². The van der Waals surface area contributed by atoms with Crippen LogP contribution >= 0.6 is 0 Å². The van der Waals surface area contributed by atoms with Crippen LogP contribution in [-0.2, 0) is 14.1 Å². The van der Waals surface area contributed by atoms with Crippen molar-refractivity contribution < 1.29 is 21.8 Å². The molecule has 0 fully saturated rings. The summed E-state index contributed by atoms with van der Waals surface area (Å²) in [6, 6.07) is 0. The van der Waals surface area contributed by atoms with Crippen LogP contribution < -0.4 is 4.57 Å².